The van der Waals surface area contributed by atoms with Crippen LogP contribution in [0, 0.1) is 0 Å². The zero-order valence-corrected chi connectivity index (χ0v) is 18.1. The fourth-order valence-corrected chi connectivity index (χ4v) is 3.28. The molecule has 0 radical (unpaired) electrons. The summed E-state index contributed by atoms with van der Waals surface area (Å²) in [5, 5.41) is 16.9. The van der Waals surface area contributed by atoms with Crippen molar-refractivity contribution in [2.75, 3.05) is 17.7 Å². The van der Waals surface area contributed by atoms with Gasteiger partial charge in [0.25, 0.3) is 5.91 Å². The van der Waals surface area contributed by atoms with Crippen molar-refractivity contribution < 1.29 is 14.3 Å². The summed E-state index contributed by atoms with van der Waals surface area (Å²) >= 11 is 0. The van der Waals surface area contributed by atoms with Crippen molar-refractivity contribution in [3.05, 3.63) is 59.9 Å². The third-order valence-electron chi connectivity index (χ3n) is 5.10. The third-order valence-corrected chi connectivity index (χ3v) is 5.10. The van der Waals surface area contributed by atoms with Crippen molar-refractivity contribution in [3.63, 3.8) is 0 Å². The molecule has 3 N–H and O–H groups in total. The third kappa shape index (κ3) is 5.05. The topological polar surface area (TPSA) is 110 Å². The number of amides is 3. The number of hydrogen-bond acceptors (Lipinski definition) is 5. The molecular formula is C23H26N6O3. The maximum Gasteiger partial charge on any atom is 0.323 e. The molecule has 0 unspecified atom stereocenters. The molecule has 1 saturated carbocycles. The van der Waals surface area contributed by atoms with Gasteiger partial charge < -0.3 is 20.7 Å². The first-order chi connectivity index (χ1) is 15.6. The molecule has 0 aliphatic heterocycles. The number of carbonyl (C=O) groups is 2. The van der Waals surface area contributed by atoms with Crippen LogP contribution in [0.2, 0.25) is 0 Å². The summed E-state index contributed by atoms with van der Waals surface area (Å²) in [7, 11) is 1.59. The minimum Gasteiger partial charge on any atom is -0.497 e. The number of urea groups is 1. The molecule has 1 fully saturated rings. The molecule has 1 aromatic heterocycles. The van der Waals surface area contributed by atoms with Crippen LogP contribution in [-0.2, 0) is 6.42 Å². The highest BCUT2D eigenvalue weighted by molar-refractivity contribution is 5.99. The van der Waals surface area contributed by atoms with Crippen molar-refractivity contribution >= 4 is 23.3 Å². The number of methoxy groups -OCH3 is 1. The van der Waals surface area contributed by atoms with Gasteiger partial charge in [-0.3, -0.25) is 4.79 Å². The van der Waals surface area contributed by atoms with Gasteiger partial charge in [0.1, 0.15) is 5.75 Å². The number of ether oxygens (including phenoxy) is 1. The monoisotopic (exact) mass is 434 g/mol. The lowest BCUT2D eigenvalue weighted by molar-refractivity contribution is 0.0945. The number of hydrogen-bond donors (Lipinski definition) is 3. The number of benzene rings is 2. The Morgan fingerprint density at radius 3 is 2.22 bits per heavy atom. The van der Waals surface area contributed by atoms with Crippen LogP contribution in [-0.4, -0.2) is 40.1 Å². The Kier molecular flexibility index (Phi) is 6.34. The van der Waals surface area contributed by atoms with Gasteiger partial charge in [0.15, 0.2) is 5.69 Å². The van der Waals surface area contributed by atoms with Crippen molar-refractivity contribution in [1.29, 1.82) is 0 Å². The molecule has 166 valence electrons. The van der Waals surface area contributed by atoms with E-state index >= 15 is 0 Å². The number of carbonyl (C=O) groups excluding carboxylic acids is 2. The number of rotatable bonds is 8. The standard InChI is InChI=1S/C23H26N6O3/c1-3-4-20-21(22(30)24-15-5-6-15)27-28-29(20)18-11-7-16(8-12-18)25-23(31)26-17-9-13-19(32-2)14-10-17/h7-15H,3-6H2,1-2H3,(H,24,30)(H2,25,26,31). The highest BCUT2D eigenvalue weighted by Gasteiger charge is 2.27. The van der Waals surface area contributed by atoms with E-state index in [-0.39, 0.29) is 18.0 Å². The molecular weight excluding hydrogens is 408 g/mol. The van der Waals surface area contributed by atoms with Crippen molar-refractivity contribution in [2.45, 2.75) is 38.6 Å². The van der Waals surface area contributed by atoms with Crippen LogP contribution in [0.4, 0.5) is 16.2 Å². The van der Waals surface area contributed by atoms with Gasteiger partial charge in [0, 0.05) is 17.4 Å². The first kappa shape index (κ1) is 21.4. The Balaban J connectivity index is 1.44. The number of nitrogens with one attached hydrogen (secondary N) is 3. The van der Waals surface area contributed by atoms with Gasteiger partial charge in [-0.1, -0.05) is 18.6 Å². The summed E-state index contributed by atoms with van der Waals surface area (Å²) in [6, 6.07) is 14.2. The first-order valence-corrected chi connectivity index (χ1v) is 10.7. The molecule has 9 heteroatoms. The summed E-state index contributed by atoms with van der Waals surface area (Å²) in [6.07, 6.45) is 3.58. The van der Waals surface area contributed by atoms with E-state index in [9.17, 15) is 9.59 Å². The molecule has 32 heavy (non-hydrogen) atoms. The molecule has 0 saturated heterocycles. The second-order valence-electron chi connectivity index (χ2n) is 7.65. The van der Waals surface area contributed by atoms with Gasteiger partial charge >= 0.3 is 6.03 Å². The predicted molar refractivity (Wildman–Crippen MR) is 121 cm³/mol. The van der Waals surface area contributed by atoms with E-state index in [1.54, 1.807) is 48.2 Å². The van der Waals surface area contributed by atoms with Crippen LogP contribution in [0.25, 0.3) is 5.69 Å². The largest absolute Gasteiger partial charge is 0.497 e. The number of nitrogens with zero attached hydrogens (tertiary/aromatic N) is 3. The minimum absolute atomic E-state index is 0.171. The van der Waals surface area contributed by atoms with Gasteiger partial charge in [-0.15, -0.1) is 5.10 Å². The molecule has 3 aromatic rings. The van der Waals surface area contributed by atoms with Crippen molar-refractivity contribution in [1.82, 2.24) is 20.3 Å². The molecule has 2 aromatic carbocycles. The van der Waals surface area contributed by atoms with E-state index in [0.29, 0.717) is 23.5 Å². The van der Waals surface area contributed by atoms with Gasteiger partial charge in [-0.25, -0.2) is 9.48 Å². The van der Waals surface area contributed by atoms with Crippen LogP contribution in [0.15, 0.2) is 48.5 Å². The van der Waals surface area contributed by atoms with Crippen LogP contribution in [0.3, 0.4) is 0 Å². The van der Waals surface area contributed by atoms with Crippen molar-refractivity contribution in [3.8, 4) is 11.4 Å². The second-order valence-corrected chi connectivity index (χ2v) is 7.65. The average molecular weight is 435 g/mol. The van der Waals surface area contributed by atoms with E-state index in [0.717, 1.165) is 36.4 Å². The molecule has 4 rings (SSSR count). The van der Waals surface area contributed by atoms with E-state index in [1.165, 1.54) is 0 Å². The summed E-state index contributed by atoms with van der Waals surface area (Å²) in [5.41, 5.74) is 3.21. The van der Waals surface area contributed by atoms with Crippen molar-refractivity contribution in [2.24, 2.45) is 0 Å². The van der Waals surface area contributed by atoms with Crippen LogP contribution in [0.5, 0.6) is 5.75 Å². The Hall–Kier alpha value is -3.88. The van der Waals surface area contributed by atoms with Gasteiger partial charge in [-0.2, -0.15) is 0 Å². The molecule has 1 aliphatic rings. The summed E-state index contributed by atoms with van der Waals surface area (Å²) in [4.78, 5) is 24.8. The second kappa shape index (κ2) is 9.51. The van der Waals surface area contributed by atoms with E-state index < -0.39 is 0 Å². The summed E-state index contributed by atoms with van der Waals surface area (Å²) in [5.74, 6) is 0.547. The highest BCUT2D eigenvalue weighted by Crippen LogP contribution is 2.22. The van der Waals surface area contributed by atoms with Gasteiger partial charge in [-0.05, 0) is 67.8 Å². The average Bonchev–Trinajstić information content (AvgIpc) is 3.51. The van der Waals surface area contributed by atoms with Crippen LogP contribution in [0.1, 0.15) is 42.4 Å². The molecule has 0 bridgehead atoms. The Labute approximate surface area is 186 Å². The molecule has 1 aliphatic carbocycles. The lowest BCUT2D eigenvalue weighted by Crippen LogP contribution is -2.27. The Morgan fingerprint density at radius 1 is 1.03 bits per heavy atom. The molecule has 0 spiro atoms. The van der Waals surface area contributed by atoms with E-state index in [2.05, 4.69) is 26.3 Å². The Bertz CT molecular complexity index is 1090. The first-order valence-electron chi connectivity index (χ1n) is 10.7. The Morgan fingerprint density at radius 2 is 1.66 bits per heavy atom. The van der Waals surface area contributed by atoms with Crippen LogP contribution < -0.4 is 20.7 Å². The number of anilines is 2. The lowest BCUT2D eigenvalue weighted by Gasteiger charge is -2.10. The highest BCUT2D eigenvalue weighted by atomic mass is 16.5. The normalized spacial score (nSPS) is 12.8. The fraction of sp³-hybridized carbons (Fsp3) is 0.304. The molecule has 1 heterocycles. The predicted octanol–water partition coefficient (Wildman–Crippen LogP) is 3.76. The smallest absolute Gasteiger partial charge is 0.323 e. The molecule has 3 amide bonds. The number of aromatic nitrogens is 3. The van der Waals surface area contributed by atoms with E-state index in [4.69, 9.17) is 4.74 Å². The maximum atomic E-state index is 12.5. The lowest BCUT2D eigenvalue weighted by atomic mass is 10.2. The van der Waals surface area contributed by atoms with Crippen LogP contribution >= 0.6 is 0 Å². The van der Waals surface area contributed by atoms with Gasteiger partial charge in [0.05, 0.1) is 18.5 Å². The molecule has 0 atom stereocenters. The molecule has 9 nitrogen and oxygen atoms in total. The van der Waals surface area contributed by atoms with Gasteiger partial charge in [0.2, 0.25) is 0 Å². The van der Waals surface area contributed by atoms with E-state index in [1.807, 2.05) is 19.1 Å². The quantitative estimate of drug-likeness (QED) is 0.500. The SMILES string of the molecule is CCCc1c(C(=O)NC2CC2)nnn1-c1ccc(NC(=O)Nc2ccc(OC)cc2)cc1. The summed E-state index contributed by atoms with van der Waals surface area (Å²) < 4.78 is 6.80. The zero-order valence-electron chi connectivity index (χ0n) is 18.1. The minimum atomic E-state index is -0.352. The fourth-order valence-electron chi connectivity index (χ4n) is 3.28. The maximum absolute atomic E-state index is 12.5. The zero-order chi connectivity index (χ0) is 22.5. The summed E-state index contributed by atoms with van der Waals surface area (Å²) in [6.45, 7) is 2.05.